The Morgan fingerprint density at radius 1 is 1.35 bits per heavy atom. The Bertz CT molecular complexity index is 365. The molecule has 1 aliphatic heterocycles. The van der Waals surface area contributed by atoms with Crippen LogP contribution in [0.3, 0.4) is 0 Å². The van der Waals surface area contributed by atoms with Gasteiger partial charge in [0, 0.05) is 7.11 Å². The van der Waals surface area contributed by atoms with Gasteiger partial charge in [-0.15, -0.1) is 0 Å². The van der Waals surface area contributed by atoms with Gasteiger partial charge in [0.05, 0.1) is 12.1 Å². The number of rotatable bonds is 2. The molecule has 3 aliphatic rings. The highest BCUT2D eigenvalue weighted by atomic mass is 16.5. The predicted molar refractivity (Wildman–Crippen MR) is 63.7 cm³/mol. The van der Waals surface area contributed by atoms with Crippen LogP contribution in [0.15, 0.2) is 4.99 Å². The molecule has 5 nitrogen and oxygen atoms in total. The molecule has 1 spiro atoms. The number of amides is 1. The molecule has 0 bridgehead atoms. The molecule has 17 heavy (non-hydrogen) atoms. The highest BCUT2D eigenvalue weighted by molar-refractivity contribution is 6.09. The first-order chi connectivity index (χ1) is 8.24. The maximum Gasteiger partial charge on any atom is 0.255 e. The second kappa shape index (κ2) is 3.98. The fourth-order valence-electron chi connectivity index (χ4n) is 2.83. The molecule has 2 unspecified atom stereocenters. The topological polar surface area (TPSA) is 62.7 Å². The van der Waals surface area contributed by atoms with Crippen LogP contribution in [0.25, 0.3) is 0 Å². The fourth-order valence-corrected chi connectivity index (χ4v) is 2.83. The van der Waals surface area contributed by atoms with Crippen molar-refractivity contribution in [3.63, 3.8) is 0 Å². The summed E-state index contributed by atoms with van der Waals surface area (Å²) in [6.45, 7) is 0. The molecule has 3 rings (SSSR count). The van der Waals surface area contributed by atoms with Crippen LogP contribution in [0.4, 0.5) is 0 Å². The summed E-state index contributed by atoms with van der Waals surface area (Å²) in [5.74, 6) is 0.685. The lowest BCUT2D eigenvalue weighted by Gasteiger charge is -2.37. The first kappa shape index (κ1) is 11.0. The third kappa shape index (κ3) is 1.82. The maximum atomic E-state index is 12.2. The second-order valence-corrected chi connectivity index (χ2v) is 5.23. The van der Waals surface area contributed by atoms with Crippen molar-refractivity contribution in [1.29, 1.82) is 0 Å². The number of methoxy groups -OCH3 is 1. The molecule has 3 fully saturated rings. The van der Waals surface area contributed by atoms with E-state index in [0.29, 0.717) is 12.0 Å². The number of hydrogen-bond acceptors (Lipinski definition) is 3. The Hall–Kier alpha value is -1.10. The van der Waals surface area contributed by atoms with Crippen molar-refractivity contribution in [3.8, 4) is 0 Å². The summed E-state index contributed by atoms with van der Waals surface area (Å²) >= 11 is 0. The van der Waals surface area contributed by atoms with E-state index >= 15 is 0 Å². The quantitative estimate of drug-likeness (QED) is 0.737. The molecule has 5 heteroatoms. The van der Waals surface area contributed by atoms with E-state index < -0.39 is 5.54 Å². The van der Waals surface area contributed by atoms with Crippen LogP contribution in [0.2, 0.25) is 0 Å². The molecule has 1 saturated heterocycles. The highest BCUT2D eigenvalue weighted by Gasteiger charge is 2.52. The van der Waals surface area contributed by atoms with Crippen molar-refractivity contribution in [2.75, 3.05) is 7.11 Å². The SMILES string of the molecule is COC1CCCCC12NC(=NC1CC1)NC2=O. The molecule has 0 aromatic carbocycles. The molecule has 1 heterocycles. The van der Waals surface area contributed by atoms with Gasteiger partial charge < -0.3 is 10.1 Å². The monoisotopic (exact) mass is 237 g/mol. The van der Waals surface area contributed by atoms with Gasteiger partial charge in [-0.1, -0.05) is 12.8 Å². The number of nitrogens with zero attached hydrogens (tertiary/aromatic N) is 1. The molecule has 2 N–H and O–H groups in total. The summed E-state index contributed by atoms with van der Waals surface area (Å²) in [7, 11) is 1.68. The molecule has 1 amide bonds. The largest absolute Gasteiger partial charge is 0.378 e. The minimum atomic E-state index is -0.569. The molecule has 0 radical (unpaired) electrons. The number of ether oxygens (including phenoxy) is 1. The van der Waals surface area contributed by atoms with Crippen LogP contribution in [0, 0.1) is 0 Å². The zero-order chi connectivity index (χ0) is 11.9. The zero-order valence-corrected chi connectivity index (χ0v) is 10.2. The van der Waals surface area contributed by atoms with Gasteiger partial charge >= 0.3 is 0 Å². The van der Waals surface area contributed by atoms with Crippen molar-refractivity contribution in [2.24, 2.45) is 4.99 Å². The number of nitrogens with one attached hydrogen (secondary N) is 2. The van der Waals surface area contributed by atoms with Gasteiger partial charge in [-0.3, -0.25) is 10.1 Å². The minimum Gasteiger partial charge on any atom is -0.378 e. The molecule has 94 valence electrons. The Morgan fingerprint density at radius 3 is 2.88 bits per heavy atom. The Labute approximate surface area is 101 Å². The van der Waals surface area contributed by atoms with E-state index in [1.807, 2.05) is 0 Å². The Kier molecular flexibility index (Phi) is 2.58. The predicted octanol–water partition coefficient (Wildman–Crippen LogP) is 0.552. The van der Waals surface area contributed by atoms with E-state index in [1.54, 1.807) is 7.11 Å². The van der Waals surface area contributed by atoms with E-state index in [1.165, 1.54) is 0 Å². The average molecular weight is 237 g/mol. The van der Waals surface area contributed by atoms with Gasteiger partial charge in [0.25, 0.3) is 5.91 Å². The molecule has 0 aromatic rings. The summed E-state index contributed by atoms with van der Waals surface area (Å²) in [6.07, 6.45) is 6.21. The van der Waals surface area contributed by atoms with Gasteiger partial charge in [-0.2, -0.15) is 0 Å². The Morgan fingerprint density at radius 2 is 2.18 bits per heavy atom. The summed E-state index contributed by atoms with van der Waals surface area (Å²) in [5, 5.41) is 6.16. The number of aliphatic imine (C=N–C) groups is 1. The van der Waals surface area contributed by atoms with E-state index in [4.69, 9.17) is 4.74 Å². The smallest absolute Gasteiger partial charge is 0.255 e. The van der Waals surface area contributed by atoms with E-state index in [9.17, 15) is 4.79 Å². The zero-order valence-electron chi connectivity index (χ0n) is 10.2. The highest BCUT2D eigenvalue weighted by Crippen LogP contribution is 2.33. The number of carbonyl (C=O) groups excluding carboxylic acids is 1. The van der Waals surface area contributed by atoms with E-state index in [2.05, 4.69) is 15.6 Å². The normalized spacial score (nSPS) is 39.5. The molecule has 0 aromatic heterocycles. The Balaban J connectivity index is 1.82. The number of guanidine groups is 1. The van der Waals surface area contributed by atoms with Gasteiger partial charge in [-0.05, 0) is 25.7 Å². The van der Waals surface area contributed by atoms with Crippen molar-refractivity contribution in [2.45, 2.75) is 56.2 Å². The van der Waals surface area contributed by atoms with Crippen LogP contribution in [0.1, 0.15) is 38.5 Å². The lowest BCUT2D eigenvalue weighted by Crippen LogP contribution is -2.58. The average Bonchev–Trinajstić information content (AvgIpc) is 3.07. The van der Waals surface area contributed by atoms with Crippen LogP contribution in [-0.4, -0.2) is 36.7 Å². The third-order valence-electron chi connectivity index (χ3n) is 3.96. The minimum absolute atomic E-state index is 0.0310. The van der Waals surface area contributed by atoms with E-state index in [-0.39, 0.29) is 12.0 Å². The first-order valence-electron chi connectivity index (χ1n) is 6.45. The summed E-state index contributed by atoms with van der Waals surface area (Å²) in [4.78, 5) is 16.7. The summed E-state index contributed by atoms with van der Waals surface area (Å²) in [6, 6.07) is 0.414. The van der Waals surface area contributed by atoms with Gasteiger partial charge in [-0.25, -0.2) is 4.99 Å². The lowest BCUT2D eigenvalue weighted by atomic mass is 9.79. The summed E-state index contributed by atoms with van der Waals surface area (Å²) in [5.41, 5.74) is -0.569. The van der Waals surface area contributed by atoms with Crippen LogP contribution < -0.4 is 10.6 Å². The van der Waals surface area contributed by atoms with E-state index in [0.717, 1.165) is 38.5 Å². The van der Waals surface area contributed by atoms with Crippen LogP contribution in [-0.2, 0) is 9.53 Å². The molecular formula is C12H19N3O2. The van der Waals surface area contributed by atoms with Crippen LogP contribution >= 0.6 is 0 Å². The number of carbonyl (C=O) groups is 1. The second-order valence-electron chi connectivity index (χ2n) is 5.23. The first-order valence-corrected chi connectivity index (χ1v) is 6.45. The van der Waals surface area contributed by atoms with Gasteiger partial charge in [0.2, 0.25) is 0 Å². The maximum absolute atomic E-state index is 12.2. The number of hydrogen-bond donors (Lipinski definition) is 2. The van der Waals surface area contributed by atoms with Gasteiger partial charge in [0.1, 0.15) is 5.54 Å². The molecule has 2 atom stereocenters. The van der Waals surface area contributed by atoms with Gasteiger partial charge in [0.15, 0.2) is 5.96 Å². The molecule has 2 saturated carbocycles. The summed E-state index contributed by atoms with van der Waals surface area (Å²) < 4.78 is 5.49. The van der Waals surface area contributed by atoms with Crippen molar-refractivity contribution >= 4 is 11.9 Å². The lowest BCUT2D eigenvalue weighted by molar-refractivity contribution is -0.131. The van der Waals surface area contributed by atoms with Crippen molar-refractivity contribution < 1.29 is 9.53 Å². The molecular weight excluding hydrogens is 218 g/mol. The molecule has 2 aliphatic carbocycles. The standard InChI is InChI=1S/C12H19N3O2/c1-17-9-4-2-3-7-12(9)10(16)14-11(15-12)13-8-5-6-8/h8-9H,2-7H2,1H3,(H2,13,14,15,16). The van der Waals surface area contributed by atoms with Crippen molar-refractivity contribution in [1.82, 2.24) is 10.6 Å². The van der Waals surface area contributed by atoms with Crippen molar-refractivity contribution in [3.05, 3.63) is 0 Å². The fraction of sp³-hybridized carbons (Fsp3) is 0.833. The van der Waals surface area contributed by atoms with Crippen LogP contribution in [0.5, 0.6) is 0 Å². The third-order valence-corrected chi connectivity index (χ3v) is 3.96.